The van der Waals surface area contributed by atoms with Crippen molar-refractivity contribution in [2.75, 3.05) is 7.11 Å². The lowest BCUT2D eigenvalue weighted by Gasteiger charge is -2.07. The van der Waals surface area contributed by atoms with Crippen LogP contribution in [0.15, 0.2) is 29.4 Å². The summed E-state index contributed by atoms with van der Waals surface area (Å²) in [5.41, 5.74) is 4.30. The molecule has 0 aliphatic heterocycles. The molecule has 1 heterocycles. The standard InChI is InChI=1S/C14H12ClF3N4O3/c1-22-9(6-11(20-22)14(16,17)18)13(23)25-21-12(19)8-5-7(15)3-4-10(8)24-2/h3-6H,1-2H3,(H2,19,21). The van der Waals surface area contributed by atoms with Gasteiger partial charge in [0.15, 0.2) is 11.5 Å². The average molecular weight is 377 g/mol. The number of rotatable bonds is 4. The molecule has 0 aliphatic rings. The smallest absolute Gasteiger partial charge is 0.435 e. The molecule has 0 saturated heterocycles. The van der Waals surface area contributed by atoms with Crippen LogP contribution in [0, 0.1) is 0 Å². The average Bonchev–Trinajstić information content (AvgIpc) is 2.94. The second kappa shape index (κ2) is 7.01. The SMILES string of the molecule is COc1ccc(Cl)cc1/C(N)=N/OC(=O)c1cc(C(F)(F)F)nn1C. The van der Waals surface area contributed by atoms with Crippen molar-refractivity contribution in [3.8, 4) is 5.75 Å². The van der Waals surface area contributed by atoms with E-state index in [9.17, 15) is 18.0 Å². The molecule has 0 atom stereocenters. The van der Waals surface area contributed by atoms with Gasteiger partial charge in [-0.05, 0) is 18.2 Å². The Labute approximate surface area is 144 Å². The number of ether oxygens (including phenoxy) is 1. The molecule has 11 heteroatoms. The van der Waals surface area contributed by atoms with Crippen LogP contribution in [-0.2, 0) is 18.1 Å². The van der Waals surface area contributed by atoms with Gasteiger partial charge in [-0.2, -0.15) is 18.3 Å². The highest BCUT2D eigenvalue weighted by Crippen LogP contribution is 2.28. The van der Waals surface area contributed by atoms with E-state index in [-0.39, 0.29) is 11.4 Å². The quantitative estimate of drug-likeness (QED) is 0.383. The number of nitrogens with zero attached hydrogens (tertiary/aromatic N) is 3. The maximum absolute atomic E-state index is 12.6. The first-order valence-electron chi connectivity index (χ1n) is 6.63. The Morgan fingerprint density at radius 2 is 2.04 bits per heavy atom. The zero-order valence-electron chi connectivity index (χ0n) is 13.0. The Hall–Kier alpha value is -2.75. The number of aryl methyl sites for hydroxylation is 1. The molecule has 1 aromatic heterocycles. The molecular formula is C14H12ClF3N4O3. The molecular weight excluding hydrogens is 365 g/mol. The minimum absolute atomic E-state index is 0.245. The Bertz CT molecular complexity index is 833. The summed E-state index contributed by atoms with van der Waals surface area (Å²) in [4.78, 5) is 16.5. The van der Waals surface area contributed by atoms with E-state index in [2.05, 4.69) is 15.1 Å². The maximum atomic E-state index is 12.6. The van der Waals surface area contributed by atoms with Gasteiger partial charge in [-0.25, -0.2) is 4.79 Å². The molecule has 0 spiro atoms. The van der Waals surface area contributed by atoms with Crippen molar-refractivity contribution in [1.82, 2.24) is 9.78 Å². The van der Waals surface area contributed by atoms with Gasteiger partial charge in [0.1, 0.15) is 11.4 Å². The third-order valence-corrected chi connectivity index (χ3v) is 3.28. The van der Waals surface area contributed by atoms with Crippen molar-refractivity contribution >= 4 is 23.4 Å². The van der Waals surface area contributed by atoms with Crippen molar-refractivity contribution in [2.45, 2.75) is 6.18 Å². The number of aromatic nitrogens is 2. The van der Waals surface area contributed by atoms with E-state index in [1.54, 1.807) is 6.07 Å². The molecule has 0 saturated carbocycles. The predicted molar refractivity (Wildman–Crippen MR) is 82.4 cm³/mol. The predicted octanol–water partition coefficient (Wildman–Crippen LogP) is 2.58. The van der Waals surface area contributed by atoms with Crippen LogP contribution in [0.5, 0.6) is 5.75 Å². The van der Waals surface area contributed by atoms with Crippen LogP contribution in [0.1, 0.15) is 21.7 Å². The molecule has 0 unspecified atom stereocenters. The molecule has 2 rings (SSSR count). The molecule has 0 fully saturated rings. The number of methoxy groups -OCH3 is 1. The zero-order chi connectivity index (χ0) is 18.8. The summed E-state index contributed by atoms with van der Waals surface area (Å²) in [7, 11) is 2.55. The van der Waals surface area contributed by atoms with Gasteiger partial charge in [0.2, 0.25) is 0 Å². The number of amidine groups is 1. The first-order valence-corrected chi connectivity index (χ1v) is 7.01. The zero-order valence-corrected chi connectivity index (χ0v) is 13.7. The summed E-state index contributed by atoms with van der Waals surface area (Å²) < 4.78 is 43.6. The molecule has 0 bridgehead atoms. The number of carbonyl (C=O) groups is 1. The van der Waals surface area contributed by atoms with Gasteiger partial charge >= 0.3 is 12.1 Å². The van der Waals surface area contributed by atoms with Gasteiger partial charge in [0.05, 0.1) is 12.7 Å². The van der Waals surface area contributed by atoms with Gasteiger partial charge in [0.25, 0.3) is 0 Å². The first-order chi connectivity index (χ1) is 11.6. The van der Waals surface area contributed by atoms with Crippen LogP contribution >= 0.6 is 11.6 Å². The van der Waals surface area contributed by atoms with Crippen molar-refractivity contribution < 1.29 is 27.5 Å². The minimum atomic E-state index is -4.69. The summed E-state index contributed by atoms with van der Waals surface area (Å²) >= 11 is 5.85. The summed E-state index contributed by atoms with van der Waals surface area (Å²) in [6.07, 6.45) is -4.69. The second-order valence-electron chi connectivity index (χ2n) is 4.74. The Morgan fingerprint density at radius 3 is 2.60 bits per heavy atom. The highest BCUT2D eigenvalue weighted by molar-refractivity contribution is 6.31. The topological polar surface area (TPSA) is 91.7 Å². The molecule has 25 heavy (non-hydrogen) atoms. The van der Waals surface area contributed by atoms with Crippen molar-refractivity contribution in [3.63, 3.8) is 0 Å². The lowest BCUT2D eigenvalue weighted by molar-refractivity contribution is -0.141. The van der Waals surface area contributed by atoms with Crippen LogP contribution in [0.25, 0.3) is 0 Å². The van der Waals surface area contributed by atoms with Crippen LogP contribution in [0.2, 0.25) is 5.02 Å². The molecule has 0 amide bonds. The molecule has 7 nitrogen and oxygen atoms in total. The fraction of sp³-hybridized carbons (Fsp3) is 0.214. The van der Waals surface area contributed by atoms with Gasteiger partial charge < -0.3 is 15.3 Å². The number of alkyl halides is 3. The number of benzene rings is 1. The molecule has 0 radical (unpaired) electrons. The van der Waals surface area contributed by atoms with Crippen molar-refractivity contribution in [1.29, 1.82) is 0 Å². The normalized spacial score (nSPS) is 12.2. The Kier molecular flexibility index (Phi) is 5.21. The number of hydrogen-bond donors (Lipinski definition) is 1. The van der Waals surface area contributed by atoms with E-state index in [1.807, 2.05) is 0 Å². The molecule has 0 aliphatic carbocycles. The van der Waals surface area contributed by atoms with E-state index < -0.39 is 23.5 Å². The van der Waals surface area contributed by atoms with Crippen LogP contribution < -0.4 is 10.5 Å². The Morgan fingerprint density at radius 1 is 1.36 bits per heavy atom. The maximum Gasteiger partial charge on any atom is 0.435 e. The van der Waals surface area contributed by atoms with E-state index in [1.165, 1.54) is 26.3 Å². The highest BCUT2D eigenvalue weighted by Gasteiger charge is 2.35. The number of nitrogens with two attached hydrogens (primary N) is 1. The van der Waals surface area contributed by atoms with E-state index in [0.717, 1.165) is 4.68 Å². The monoisotopic (exact) mass is 376 g/mol. The van der Waals surface area contributed by atoms with Gasteiger partial charge in [-0.3, -0.25) is 4.68 Å². The van der Waals surface area contributed by atoms with Crippen molar-refractivity contribution in [3.05, 3.63) is 46.2 Å². The summed E-state index contributed by atoms with van der Waals surface area (Å²) in [5.74, 6) is -1.08. The van der Waals surface area contributed by atoms with Gasteiger partial charge in [0, 0.05) is 18.1 Å². The number of oxime groups is 1. The number of halogens is 4. The number of hydrogen-bond acceptors (Lipinski definition) is 5. The van der Waals surface area contributed by atoms with Crippen LogP contribution in [0.4, 0.5) is 13.2 Å². The fourth-order valence-corrected chi connectivity index (χ4v) is 2.04. The van der Waals surface area contributed by atoms with Crippen molar-refractivity contribution in [2.24, 2.45) is 17.9 Å². The lowest BCUT2D eigenvalue weighted by atomic mass is 10.2. The van der Waals surface area contributed by atoms with E-state index in [4.69, 9.17) is 22.1 Å². The third-order valence-electron chi connectivity index (χ3n) is 3.04. The van der Waals surface area contributed by atoms with Crippen LogP contribution in [-0.4, -0.2) is 28.7 Å². The summed E-state index contributed by atoms with van der Waals surface area (Å²) in [5, 5.41) is 6.95. The highest BCUT2D eigenvalue weighted by atomic mass is 35.5. The molecule has 134 valence electrons. The van der Waals surface area contributed by atoms with Gasteiger partial charge in [-0.1, -0.05) is 16.8 Å². The molecule has 2 aromatic rings. The fourth-order valence-electron chi connectivity index (χ4n) is 1.86. The lowest BCUT2D eigenvalue weighted by Crippen LogP contribution is -2.17. The number of carbonyl (C=O) groups excluding carboxylic acids is 1. The van der Waals surface area contributed by atoms with E-state index in [0.29, 0.717) is 16.8 Å². The summed E-state index contributed by atoms with van der Waals surface area (Å²) in [6, 6.07) is 5.06. The van der Waals surface area contributed by atoms with Crippen LogP contribution in [0.3, 0.4) is 0 Å². The third kappa shape index (κ3) is 4.21. The minimum Gasteiger partial charge on any atom is -0.496 e. The largest absolute Gasteiger partial charge is 0.496 e. The molecule has 2 N–H and O–H groups in total. The van der Waals surface area contributed by atoms with Gasteiger partial charge in [-0.15, -0.1) is 0 Å². The summed E-state index contributed by atoms with van der Waals surface area (Å²) in [6.45, 7) is 0. The first kappa shape index (κ1) is 18.6. The van der Waals surface area contributed by atoms with E-state index >= 15 is 0 Å². The second-order valence-corrected chi connectivity index (χ2v) is 5.17. The molecule has 1 aromatic carbocycles. The Balaban J connectivity index is 2.23.